The smallest absolute Gasteiger partial charge is 0.352 e. The number of benzene rings is 2. The molecule has 11 nitrogen and oxygen atoms in total. The zero-order valence-electron chi connectivity index (χ0n) is 25.0. The Bertz CT molecular complexity index is 1410. The standard InChI is InChI=1S/C31H37F2N5O6/c1-19(39)35-23-7-4-6-21(16-23)20-10-14-37(15-11-20)13-5-12-34-30(41)38-28(22-8-9-24(32)25(33)17-22)27(29(40)44-3)26(18-43-2)36-31(38)42/h4,6-9,16-17,20,27-28H,5,10-15,18H2,1-3H3,(H,34,41)(H,35,39)/t27?,28-/m0/s1. The van der Waals surface area contributed by atoms with Crippen LogP contribution in [-0.4, -0.2) is 86.5 Å². The van der Waals surface area contributed by atoms with Crippen LogP contribution in [0, 0.1) is 17.6 Å². The summed E-state index contributed by atoms with van der Waals surface area (Å²) in [7, 11) is 2.49. The number of rotatable bonds is 10. The third-order valence-corrected chi connectivity index (χ3v) is 7.84. The van der Waals surface area contributed by atoms with Gasteiger partial charge in [0.25, 0.3) is 0 Å². The fourth-order valence-electron chi connectivity index (χ4n) is 5.76. The number of carbonyl (C=O) groups is 4. The maximum atomic E-state index is 14.3. The normalized spacial score (nSPS) is 19.3. The Balaban J connectivity index is 1.38. The minimum Gasteiger partial charge on any atom is -0.468 e. The molecular weight excluding hydrogens is 576 g/mol. The Hall–Kier alpha value is -4.23. The first kappa shape index (κ1) is 32.7. The number of nitrogens with one attached hydrogen (secondary N) is 2. The predicted octanol–water partition coefficient (Wildman–Crippen LogP) is 4.26. The topological polar surface area (TPSA) is 130 Å². The molecule has 2 heterocycles. The lowest BCUT2D eigenvalue weighted by Crippen LogP contribution is -2.54. The second kappa shape index (κ2) is 15.0. The third kappa shape index (κ3) is 7.83. The zero-order chi connectivity index (χ0) is 31.8. The number of nitrogens with zero attached hydrogens (tertiary/aromatic N) is 3. The van der Waals surface area contributed by atoms with E-state index < -0.39 is 41.6 Å². The molecule has 5 amide bonds. The highest BCUT2D eigenvalue weighted by atomic mass is 19.2. The van der Waals surface area contributed by atoms with Crippen molar-refractivity contribution in [1.82, 2.24) is 15.1 Å². The van der Waals surface area contributed by atoms with E-state index in [2.05, 4.69) is 26.6 Å². The quantitative estimate of drug-likeness (QED) is 0.303. The van der Waals surface area contributed by atoms with Gasteiger partial charge in [-0.2, -0.15) is 4.99 Å². The fourth-order valence-corrected chi connectivity index (χ4v) is 5.76. The Labute approximate surface area is 254 Å². The zero-order valence-corrected chi connectivity index (χ0v) is 25.0. The lowest BCUT2D eigenvalue weighted by molar-refractivity contribution is -0.144. The van der Waals surface area contributed by atoms with Crippen molar-refractivity contribution < 1.29 is 37.4 Å². The summed E-state index contributed by atoms with van der Waals surface area (Å²) in [5.74, 6) is -4.14. The number of imide groups is 1. The van der Waals surface area contributed by atoms with E-state index in [1.54, 1.807) is 0 Å². The summed E-state index contributed by atoms with van der Waals surface area (Å²) in [6, 6.07) is 7.69. The van der Waals surface area contributed by atoms with Gasteiger partial charge in [0, 0.05) is 26.3 Å². The highest BCUT2D eigenvalue weighted by Crippen LogP contribution is 2.36. The van der Waals surface area contributed by atoms with Gasteiger partial charge in [-0.1, -0.05) is 18.2 Å². The molecule has 0 bridgehead atoms. The molecule has 0 aliphatic carbocycles. The molecule has 2 aromatic rings. The van der Waals surface area contributed by atoms with Crippen LogP contribution >= 0.6 is 0 Å². The van der Waals surface area contributed by atoms with Crippen LogP contribution < -0.4 is 10.6 Å². The van der Waals surface area contributed by atoms with Crippen LogP contribution in [0.5, 0.6) is 0 Å². The lowest BCUT2D eigenvalue weighted by atomic mass is 9.86. The number of methoxy groups -OCH3 is 2. The SMILES string of the molecule is COCC1=NC(=O)N(C(=O)NCCCN2CCC(c3cccc(NC(C)=O)c3)CC2)[C@@H](c2ccc(F)c(F)c2)C1C(=O)OC. The van der Waals surface area contributed by atoms with Gasteiger partial charge >= 0.3 is 18.0 Å². The molecule has 2 aliphatic rings. The Kier molecular flexibility index (Phi) is 11.1. The number of hydrogen-bond donors (Lipinski definition) is 2. The number of piperidine rings is 1. The summed E-state index contributed by atoms with van der Waals surface area (Å²) in [6.07, 6.45) is 2.49. The summed E-state index contributed by atoms with van der Waals surface area (Å²) in [4.78, 5) is 57.6. The number of anilines is 1. The number of aliphatic imine (C=N–C) groups is 1. The number of urea groups is 2. The number of amides is 5. The van der Waals surface area contributed by atoms with Gasteiger partial charge in [-0.3, -0.25) is 9.59 Å². The first-order valence-electron chi connectivity index (χ1n) is 14.4. The Morgan fingerprint density at radius 1 is 1.02 bits per heavy atom. The molecule has 1 unspecified atom stereocenters. The number of carbonyl (C=O) groups excluding carboxylic acids is 4. The van der Waals surface area contributed by atoms with Crippen LogP contribution in [0.15, 0.2) is 47.5 Å². The van der Waals surface area contributed by atoms with Gasteiger partial charge in [0.05, 0.1) is 25.5 Å². The number of halogens is 2. The van der Waals surface area contributed by atoms with Crippen LogP contribution in [0.25, 0.3) is 0 Å². The van der Waals surface area contributed by atoms with Crippen molar-refractivity contribution in [2.45, 2.75) is 38.1 Å². The van der Waals surface area contributed by atoms with Crippen LogP contribution in [0.1, 0.15) is 49.3 Å². The summed E-state index contributed by atoms with van der Waals surface area (Å²) in [6.45, 7) is 3.93. The van der Waals surface area contributed by atoms with Gasteiger partial charge in [0.2, 0.25) is 5.91 Å². The van der Waals surface area contributed by atoms with Gasteiger partial charge in [-0.25, -0.2) is 23.3 Å². The molecule has 0 spiro atoms. The molecule has 2 N–H and O–H groups in total. The summed E-state index contributed by atoms with van der Waals surface area (Å²) < 4.78 is 38.0. The monoisotopic (exact) mass is 613 g/mol. The molecule has 0 aromatic heterocycles. The molecule has 4 rings (SSSR count). The second-order valence-corrected chi connectivity index (χ2v) is 10.8. The number of esters is 1. The highest BCUT2D eigenvalue weighted by Gasteiger charge is 2.47. The predicted molar refractivity (Wildman–Crippen MR) is 158 cm³/mol. The van der Waals surface area contributed by atoms with Crippen molar-refractivity contribution in [2.24, 2.45) is 10.9 Å². The Morgan fingerprint density at radius 3 is 2.43 bits per heavy atom. The van der Waals surface area contributed by atoms with Crippen molar-refractivity contribution in [3.8, 4) is 0 Å². The van der Waals surface area contributed by atoms with Crippen LogP contribution in [-0.2, 0) is 19.1 Å². The van der Waals surface area contributed by atoms with E-state index in [0.29, 0.717) is 18.9 Å². The molecule has 2 aliphatic heterocycles. The number of hydrogen-bond acceptors (Lipinski definition) is 7. The van der Waals surface area contributed by atoms with Gasteiger partial charge in [-0.15, -0.1) is 0 Å². The largest absolute Gasteiger partial charge is 0.468 e. The highest BCUT2D eigenvalue weighted by molar-refractivity contribution is 6.12. The molecule has 236 valence electrons. The van der Waals surface area contributed by atoms with E-state index in [4.69, 9.17) is 9.47 Å². The van der Waals surface area contributed by atoms with E-state index in [1.165, 1.54) is 25.7 Å². The average Bonchev–Trinajstić information content (AvgIpc) is 3.00. The van der Waals surface area contributed by atoms with E-state index in [9.17, 15) is 28.0 Å². The van der Waals surface area contributed by atoms with Crippen molar-refractivity contribution in [3.63, 3.8) is 0 Å². The molecule has 2 aromatic carbocycles. The van der Waals surface area contributed by atoms with Crippen molar-refractivity contribution in [3.05, 3.63) is 65.2 Å². The molecule has 0 saturated carbocycles. The Morgan fingerprint density at radius 2 is 1.77 bits per heavy atom. The van der Waals surface area contributed by atoms with Gasteiger partial charge < -0.3 is 25.0 Å². The first-order valence-corrected chi connectivity index (χ1v) is 14.4. The first-order chi connectivity index (χ1) is 21.1. The number of likely N-dealkylation sites (tertiary alicyclic amines) is 1. The van der Waals surface area contributed by atoms with Crippen LogP contribution in [0.3, 0.4) is 0 Å². The van der Waals surface area contributed by atoms with E-state index in [1.807, 2.05) is 18.2 Å². The third-order valence-electron chi connectivity index (χ3n) is 7.84. The van der Waals surface area contributed by atoms with Crippen molar-refractivity contribution in [1.29, 1.82) is 0 Å². The summed E-state index contributed by atoms with van der Waals surface area (Å²) >= 11 is 0. The molecular formula is C31H37F2N5O6. The van der Waals surface area contributed by atoms with E-state index >= 15 is 0 Å². The average molecular weight is 614 g/mol. The molecule has 0 radical (unpaired) electrons. The second-order valence-electron chi connectivity index (χ2n) is 10.8. The molecule has 2 atom stereocenters. The van der Waals surface area contributed by atoms with Crippen LogP contribution in [0.2, 0.25) is 0 Å². The molecule has 1 saturated heterocycles. The molecule has 44 heavy (non-hydrogen) atoms. The van der Waals surface area contributed by atoms with Gasteiger partial charge in [0.15, 0.2) is 11.6 Å². The summed E-state index contributed by atoms with van der Waals surface area (Å²) in [5, 5.41) is 5.54. The van der Waals surface area contributed by atoms with Crippen LogP contribution in [0.4, 0.5) is 24.1 Å². The van der Waals surface area contributed by atoms with E-state index in [-0.39, 0.29) is 30.3 Å². The number of ether oxygens (including phenoxy) is 2. The van der Waals surface area contributed by atoms with Crippen molar-refractivity contribution in [2.75, 3.05) is 52.3 Å². The lowest BCUT2D eigenvalue weighted by Gasteiger charge is -2.37. The minimum absolute atomic E-state index is 0.00776. The van der Waals surface area contributed by atoms with Crippen molar-refractivity contribution >= 4 is 35.3 Å². The molecule has 1 fully saturated rings. The maximum absolute atomic E-state index is 14.3. The fraction of sp³-hybridized carbons (Fsp3) is 0.452. The van der Waals surface area contributed by atoms with Gasteiger partial charge in [0.1, 0.15) is 5.92 Å². The van der Waals surface area contributed by atoms with E-state index in [0.717, 1.165) is 55.8 Å². The summed E-state index contributed by atoms with van der Waals surface area (Å²) in [5.41, 5.74) is 2.00. The maximum Gasteiger partial charge on any atom is 0.352 e. The van der Waals surface area contributed by atoms with Gasteiger partial charge in [-0.05, 0) is 80.2 Å². The minimum atomic E-state index is -1.34. The molecule has 13 heteroatoms.